The molecule has 0 saturated heterocycles. The monoisotopic (exact) mass is 437 g/mol. The van der Waals surface area contributed by atoms with Crippen molar-refractivity contribution in [1.29, 1.82) is 0 Å². The number of aromatic nitrogens is 2. The molecule has 3 rings (SSSR count). The van der Waals surface area contributed by atoms with Gasteiger partial charge in [-0.15, -0.1) is 0 Å². The average molecular weight is 438 g/mol. The van der Waals surface area contributed by atoms with E-state index in [1.165, 1.54) is 0 Å². The van der Waals surface area contributed by atoms with Crippen LogP contribution in [0.1, 0.15) is 44.5 Å². The number of benzene rings is 2. The zero-order chi connectivity index (χ0) is 22.9. The van der Waals surface area contributed by atoms with E-state index in [1.54, 1.807) is 42.3 Å². The predicted octanol–water partition coefficient (Wildman–Crippen LogP) is 4.05. The van der Waals surface area contributed by atoms with E-state index >= 15 is 0 Å². The number of carbonyl (C=O) groups excluding carboxylic acids is 1. The molecule has 1 atom stereocenters. The Balaban J connectivity index is 1.83. The van der Waals surface area contributed by atoms with E-state index in [-0.39, 0.29) is 11.6 Å². The molecular formula is C24H31N5O3. The van der Waals surface area contributed by atoms with Crippen LogP contribution in [0.4, 0.5) is 10.5 Å². The summed E-state index contributed by atoms with van der Waals surface area (Å²) in [4.78, 5) is 35.0. The number of aromatic amines is 1. The van der Waals surface area contributed by atoms with Crippen molar-refractivity contribution in [3.8, 4) is 5.75 Å². The van der Waals surface area contributed by atoms with Crippen LogP contribution in [-0.2, 0) is 0 Å². The molecule has 0 bridgehead atoms. The number of fused-ring (bicyclic) bond motifs is 1. The van der Waals surface area contributed by atoms with Gasteiger partial charge in [0.1, 0.15) is 11.6 Å². The number of para-hydroxylation sites is 1. The van der Waals surface area contributed by atoms with Crippen molar-refractivity contribution in [3.05, 3.63) is 64.7 Å². The number of nitrogens with zero attached hydrogens (tertiary/aromatic N) is 2. The summed E-state index contributed by atoms with van der Waals surface area (Å²) < 4.78 is 5.25. The van der Waals surface area contributed by atoms with Crippen LogP contribution in [0, 0.1) is 0 Å². The van der Waals surface area contributed by atoms with E-state index in [9.17, 15) is 9.59 Å². The maximum Gasteiger partial charge on any atom is 0.322 e. The Kier molecular flexibility index (Phi) is 8.21. The molecule has 2 aromatic carbocycles. The third-order valence-corrected chi connectivity index (χ3v) is 5.43. The van der Waals surface area contributed by atoms with Gasteiger partial charge in [-0.2, -0.15) is 0 Å². The third-order valence-electron chi connectivity index (χ3n) is 5.43. The van der Waals surface area contributed by atoms with Gasteiger partial charge in [0.2, 0.25) is 0 Å². The number of nitrogens with one attached hydrogen (secondary N) is 2. The molecule has 0 aliphatic carbocycles. The normalized spacial score (nSPS) is 11.8. The summed E-state index contributed by atoms with van der Waals surface area (Å²) >= 11 is 0. The van der Waals surface area contributed by atoms with Crippen molar-refractivity contribution in [2.24, 2.45) is 5.73 Å². The Morgan fingerprint density at radius 1 is 1.16 bits per heavy atom. The van der Waals surface area contributed by atoms with Crippen molar-refractivity contribution < 1.29 is 9.53 Å². The summed E-state index contributed by atoms with van der Waals surface area (Å²) in [6.45, 7) is 3.06. The van der Waals surface area contributed by atoms with Crippen LogP contribution in [-0.4, -0.2) is 41.1 Å². The maximum atomic E-state index is 13.2. The molecule has 0 aliphatic heterocycles. The summed E-state index contributed by atoms with van der Waals surface area (Å²) in [5.41, 5.74) is 6.61. The Morgan fingerprint density at radius 3 is 2.72 bits per heavy atom. The smallest absolute Gasteiger partial charge is 0.322 e. The summed E-state index contributed by atoms with van der Waals surface area (Å²) in [7, 11) is 1.58. The second-order valence-electron chi connectivity index (χ2n) is 7.70. The minimum Gasteiger partial charge on any atom is -0.497 e. The second kappa shape index (κ2) is 11.3. The summed E-state index contributed by atoms with van der Waals surface area (Å²) in [5.74, 6) is 1.11. The molecule has 1 heterocycles. The summed E-state index contributed by atoms with van der Waals surface area (Å²) in [5, 5.41) is 3.46. The van der Waals surface area contributed by atoms with E-state index in [2.05, 4.69) is 15.3 Å². The fourth-order valence-corrected chi connectivity index (χ4v) is 3.60. The highest BCUT2D eigenvalue weighted by atomic mass is 16.5. The van der Waals surface area contributed by atoms with Crippen LogP contribution in [0.5, 0.6) is 5.75 Å². The van der Waals surface area contributed by atoms with Crippen molar-refractivity contribution in [2.45, 2.75) is 38.6 Å². The number of amides is 2. The molecular weight excluding hydrogens is 406 g/mol. The van der Waals surface area contributed by atoms with Gasteiger partial charge in [0.05, 0.1) is 24.1 Å². The Bertz CT molecular complexity index is 1100. The lowest BCUT2D eigenvalue weighted by Gasteiger charge is -2.29. The molecule has 0 saturated carbocycles. The molecule has 4 N–H and O–H groups in total. The van der Waals surface area contributed by atoms with Gasteiger partial charge in [-0.05, 0) is 50.6 Å². The molecule has 0 fully saturated rings. The minimum atomic E-state index is -0.424. The van der Waals surface area contributed by atoms with Crippen LogP contribution in [0.2, 0.25) is 0 Å². The molecule has 2 amide bonds. The van der Waals surface area contributed by atoms with E-state index in [0.717, 1.165) is 25.7 Å². The molecule has 8 nitrogen and oxygen atoms in total. The largest absolute Gasteiger partial charge is 0.497 e. The highest BCUT2D eigenvalue weighted by molar-refractivity contribution is 5.89. The fourth-order valence-electron chi connectivity index (χ4n) is 3.60. The molecule has 0 spiro atoms. The number of hydrogen-bond donors (Lipinski definition) is 3. The molecule has 1 aromatic heterocycles. The van der Waals surface area contributed by atoms with Crippen LogP contribution < -0.4 is 21.3 Å². The highest BCUT2D eigenvalue weighted by Gasteiger charge is 2.24. The Labute approximate surface area is 187 Å². The number of carbonyl (C=O) groups is 1. The number of ether oxygens (including phenoxy) is 1. The van der Waals surface area contributed by atoms with Gasteiger partial charge >= 0.3 is 6.03 Å². The molecule has 1 unspecified atom stereocenters. The summed E-state index contributed by atoms with van der Waals surface area (Å²) in [6, 6.07) is 13.7. The SMILES string of the molecule is COc1cccc(NC(=O)N(CCCCCCN)C(C)c2nc3ccccc3c(=O)[nH]2)c1. The first-order valence-electron chi connectivity index (χ1n) is 10.9. The van der Waals surface area contributed by atoms with Gasteiger partial charge in [0, 0.05) is 18.3 Å². The number of H-pyrrole nitrogens is 1. The Hall–Kier alpha value is -3.39. The molecule has 0 aliphatic rings. The van der Waals surface area contributed by atoms with Crippen LogP contribution in [0.3, 0.4) is 0 Å². The van der Waals surface area contributed by atoms with Gasteiger partial charge in [-0.1, -0.05) is 31.0 Å². The van der Waals surface area contributed by atoms with Gasteiger partial charge in [0.15, 0.2) is 0 Å². The number of unbranched alkanes of at least 4 members (excludes halogenated alkanes) is 3. The topological polar surface area (TPSA) is 113 Å². The zero-order valence-corrected chi connectivity index (χ0v) is 18.6. The average Bonchev–Trinajstić information content (AvgIpc) is 2.81. The van der Waals surface area contributed by atoms with E-state index in [4.69, 9.17) is 10.5 Å². The lowest BCUT2D eigenvalue weighted by molar-refractivity contribution is 0.188. The lowest BCUT2D eigenvalue weighted by atomic mass is 10.1. The van der Waals surface area contributed by atoms with Crippen molar-refractivity contribution in [2.75, 3.05) is 25.5 Å². The van der Waals surface area contributed by atoms with Gasteiger partial charge in [0.25, 0.3) is 5.56 Å². The Morgan fingerprint density at radius 2 is 1.94 bits per heavy atom. The lowest BCUT2D eigenvalue weighted by Crippen LogP contribution is -2.39. The number of methoxy groups -OCH3 is 1. The standard InChI is InChI=1S/C24H31N5O3/c1-17(22-27-21-13-6-5-12-20(21)23(30)28-22)29(15-8-4-3-7-14-25)24(31)26-18-10-9-11-19(16-18)32-2/h5-6,9-13,16-17H,3-4,7-8,14-15,25H2,1-2H3,(H,26,31)(H,27,28,30). The number of anilines is 1. The van der Waals surface area contributed by atoms with Crippen LogP contribution in [0.25, 0.3) is 10.9 Å². The first kappa shape index (κ1) is 23.3. The van der Waals surface area contributed by atoms with E-state index < -0.39 is 6.04 Å². The van der Waals surface area contributed by atoms with Gasteiger partial charge in [-0.25, -0.2) is 9.78 Å². The van der Waals surface area contributed by atoms with Crippen molar-refractivity contribution >= 4 is 22.6 Å². The van der Waals surface area contributed by atoms with Crippen molar-refractivity contribution in [3.63, 3.8) is 0 Å². The van der Waals surface area contributed by atoms with Crippen molar-refractivity contribution in [1.82, 2.24) is 14.9 Å². The first-order chi connectivity index (χ1) is 15.5. The quantitative estimate of drug-likeness (QED) is 0.414. The third kappa shape index (κ3) is 5.85. The zero-order valence-electron chi connectivity index (χ0n) is 18.6. The predicted molar refractivity (Wildman–Crippen MR) is 127 cm³/mol. The van der Waals surface area contributed by atoms with Crippen LogP contribution in [0.15, 0.2) is 53.3 Å². The highest BCUT2D eigenvalue weighted by Crippen LogP contribution is 2.22. The molecule has 3 aromatic rings. The molecule has 8 heteroatoms. The molecule has 0 radical (unpaired) electrons. The number of nitrogens with two attached hydrogens (primary N) is 1. The van der Waals surface area contributed by atoms with E-state index in [1.807, 2.05) is 25.1 Å². The molecule has 170 valence electrons. The second-order valence-corrected chi connectivity index (χ2v) is 7.70. The maximum absolute atomic E-state index is 13.2. The van der Waals surface area contributed by atoms with Gasteiger partial charge < -0.3 is 25.7 Å². The minimum absolute atomic E-state index is 0.214. The van der Waals surface area contributed by atoms with Crippen LogP contribution >= 0.6 is 0 Å². The number of hydrogen-bond acceptors (Lipinski definition) is 5. The number of urea groups is 1. The number of rotatable bonds is 10. The van der Waals surface area contributed by atoms with E-state index in [0.29, 0.717) is 41.3 Å². The molecule has 32 heavy (non-hydrogen) atoms. The van der Waals surface area contributed by atoms with Gasteiger partial charge in [-0.3, -0.25) is 4.79 Å². The summed E-state index contributed by atoms with van der Waals surface area (Å²) in [6.07, 6.45) is 3.77. The fraction of sp³-hybridized carbons (Fsp3) is 0.375. The first-order valence-corrected chi connectivity index (χ1v) is 10.9.